The van der Waals surface area contributed by atoms with E-state index < -0.39 is 0 Å². The van der Waals surface area contributed by atoms with Gasteiger partial charge in [-0.2, -0.15) is 0 Å². The van der Waals surface area contributed by atoms with Crippen molar-refractivity contribution < 1.29 is 9.59 Å². The number of nitrogens with one attached hydrogen (secondary N) is 2. The molecule has 2 heterocycles. The number of amides is 2. The minimum absolute atomic E-state index is 0.0210. The highest BCUT2D eigenvalue weighted by molar-refractivity contribution is 7.15. The van der Waals surface area contributed by atoms with Crippen LogP contribution in [0.4, 0.5) is 11.1 Å². The predicted molar refractivity (Wildman–Crippen MR) is 89.9 cm³/mol. The number of carbonyl (C=O) groups is 2. The number of aromatic nitrogens is 4. The fourth-order valence-electron chi connectivity index (χ4n) is 1.91. The lowest BCUT2D eigenvalue weighted by molar-refractivity contribution is -0.116. The summed E-state index contributed by atoms with van der Waals surface area (Å²) in [5, 5.41) is 9.86. The minimum Gasteiger partial charge on any atom is -0.300 e. The molecule has 0 saturated heterocycles. The number of nitrogens with zero attached hydrogens (tertiary/aromatic N) is 4. The fourth-order valence-corrected chi connectivity index (χ4v) is 2.59. The first-order valence-corrected chi connectivity index (χ1v) is 7.90. The molecule has 0 spiro atoms. The lowest BCUT2D eigenvalue weighted by Crippen LogP contribution is -2.19. The van der Waals surface area contributed by atoms with E-state index in [1.54, 1.807) is 30.5 Å². The highest BCUT2D eigenvalue weighted by Gasteiger charge is 2.11. The summed E-state index contributed by atoms with van der Waals surface area (Å²) in [6.45, 7) is 1.89. The van der Waals surface area contributed by atoms with Gasteiger partial charge in [-0.3, -0.25) is 14.9 Å². The third-order valence-electron chi connectivity index (χ3n) is 2.97. The maximum absolute atomic E-state index is 12.0. The highest BCUT2D eigenvalue weighted by Crippen LogP contribution is 2.16. The van der Waals surface area contributed by atoms with E-state index in [1.165, 1.54) is 22.3 Å². The Kier molecular flexibility index (Phi) is 4.62. The molecule has 2 aromatic heterocycles. The molecule has 0 aliphatic heterocycles. The van der Waals surface area contributed by atoms with Crippen molar-refractivity contribution >= 4 is 34.2 Å². The molecular weight excluding hydrogens is 328 g/mol. The van der Waals surface area contributed by atoms with Gasteiger partial charge in [0.1, 0.15) is 12.9 Å². The van der Waals surface area contributed by atoms with Crippen molar-refractivity contribution in [3.63, 3.8) is 0 Å². The zero-order chi connectivity index (χ0) is 16.9. The Balaban J connectivity index is 1.57. The quantitative estimate of drug-likeness (QED) is 0.738. The molecule has 0 atom stereocenters. The van der Waals surface area contributed by atoms with Crippen LogP contribution in [-0.4, -0.2) is 31.6 Å². The number of aryl methyl sites for hydroxylation is 1. The molecule has 1 aromatic carbocycles. The molecule has 0 fully saturated rings. The molecule has 24 heavy (non-hydrogen) atoms. The van der Waals surface area contributed by atoms with E-state index in [0.29, 0.717) is 10.7 Å². The van der Waals surface area contributed by atoms with Gasteiger partial charge in [-0.15, -0.1) is 16.4 Å². The lowest BCUT2D eigenvalue weighted by Gasteiger charge is -2.02. The Morgan fingerprint density at radius 3 is 2.67 bits per heavy atom. The summed E-state index contributed by atoms with van der Waals surface area (Å²) in [4.78, 5) is 33.0. The summed E-state index contributed by atoms with van der Waals surface area (Å²) >= 11 is 1.39. The first-order valence-electron chi connectivity index (χ1n) is 7.08. The zero-order valence-corrected chi connectivity index (χ0v) is 13.6. The standard InChI is InChI=1S/C15H14N6O2S/c1-10-7-16-15(24-10)18-12(22)8-21-9-17-14(20-21)19-13(23)11-5-3-2-4-6-11/h2-7,9H,8H2,1H3,(H,16,18,22)(H,19,20,23). The summed E-state index contributed by atoms with van der Waals surface area (Å²) < 4.78 is 1.34. The van der Waals surface area contributed by atoms with Crippen LogP contribution < -0.4 is 10.6 Å². The number of benzene rings is 1. The zero-order valence-electron chi connectivity index (χ0n) is 12.8. The second kappa shape index (κ2) is 7.01. The Bertz CT molecular complexity index is 858. The largest absolute Gasteiger partial charge is 0.300 e. The minimum atomic E-state index is -0.309. The molecule has 0 bridgehead atoms. The molecule has 8 nitrogen and oxygen atoms in total. The van der Waals surface area contributed by atoms with E-state index in [0.717, 1.165) is 4.88 Å². The predicted octanol–water partition coefficient (Wildman–Crippen LogP) is 1.93. The summed E-state index contributed by atoms with van der Waals surface area (Å²) in [5.74, 6) is -0.437. The number of hydrogen-bond acceptors (Lipinski definition) is 6. The van der Waals surface area contributed by atoms with Gasteiger partial charge in [0.15, 0.2) is 5.13 Å². The molecule has 3 aromatic rings. The van der Waals surface area contributed by atoms with Crippen molar-refractivity contribution in [2.45, 2.75) is 13.5 Å². The van der Waals surface area contributed by atoms with Gasteiger partial charge >= 0.3 is 0 Å². The average Bonchev–Trinajstić information content (AvgIpc) is 3.17. The second-order valence-electron chi connectivity index (χ2n) is 4.91. The van der Waals surface area contributed by atoms with Gasteiger partial charge in [-0.1, -0.05) is 18.2 Å². The Morgan fingerprint density at radius 2 is 1.96 bits per heavy atom. The molecule has 0 radical (unpaired) electrons. The van der Waals surface area contributed by atoms with Crippen LogP contribution in [0.25, 0.3) is 0 Å². The molecule has 122 valence electrons. The second-order valence-corrected chi connectivity index (χ2v) is 6.14. The number of carbonyl (C=O) groups excluding carboxylic acids is 2. The van der Waals surface area contributed by atoms with Crippen molar-refractivity contribution in [1.29, 1.82) is 0 Å². The molecule has 3 rings (SSSR count). The van der Waals surface area contributed by atoms with Crippen LogP contribution in [0.5, 0.6) is 0 Å². The molecule has 0 saturated carbocycles. The maximum atomic E-state index is 12.0. The van der Waals surface area contributed by atoms with Crippen LogP contribution in [0.15, 0.2) is 42.9 Å². The van der Waals surface area contributed by atoms with Gasteiger partial charge in [0, 0.05) is 16.6 Å². The lowest BCUT2D eigenvalue weighted by atomic mass is 10.2. The van der Waals surface area contributed by atoms with E-state index in [4.69, 9.17) is 0 Å². The number of rotatable bonds is 5. The van der Waals surface area contributed by atoms with Crippen LogP contribution in [0, 0.1) is 6.92 Å². The van der Waals surface area contributed by atoms with Crippen LogP contribution >= 0.6 is 11.3 Å². The summed E-state index contributed by atoms with van der Waals surface area (Å²) in [6.07, 6.45) is 3.07. The van der Waals surface area contributed by atoms with Gasteiger partial charge in [-0.05, 0) is 19.1 Å². The maximum Gasteiger partial charge on any atom is 0.258 e. The summed E-state index contributed by atoms with van der Waals surface area (Å²) in [7, 11) is 0. The molecule has 0 unspecified atom stereocenters. The average molecular weight is 342 g/mol. The third kappa shape index (κ3) is 4.02. The molecule has 9 heteroatoms. The van der Waals surface area contributed by atoms with Crippen LogP contribution in [-0.2, 0) is 11.3 Å². The van der Waals surface area contributed by atoms with Crippen molar-refractivity contribution in [3.8, 4) is 0 Å². The monoisotopic (exact) mass is 342 g/mol. The molecule has 2 N–H and O–H groups in total. The number of thiazole rings is 1. The van der Waals surface area contributed by atoms with Gasteiger partial charge in [0.05, 0.1) is 0 Å². The molecular formula is C15H14N6O2S. The van der Waals surface area contributed by atoms with E-state index in [1.807, 2.05) is 13.0 Å². The summed E-state index contributed by atoms with van der Waals surface area (Å²) in [5.41, 5.74) is 0.505. The van der Waals surface area contributed by atoms with Crippen LogP contribution in [0.3, 0.4) is 0 Å². The smallest absolute Gasteiger partial charge is 0.258 e. The van der Waals surface area contributed by atoms with E-state index in [2.05, 4.69) is 25.7 Å². The van der Waals surface area contributed by atoms with Crippen LogP contribution in [0.1, 0.15) is 15.2 Å². The Hall–Kier alpha value is -3.07. The Labute approximate surface area is 141 Å². The molecule has 0 aliphatic rings. The van der Waals surface area contributed by atoms with E-state index in [-0.39, 0.29) is 24.3 Å². The first kappa shape index (κ1) is 15.8. The Morgan fingerprint density at radius 1 is 1.17 bits per heavy atom. The third-order valence-corrected chi connectivity index (χ3v) is 3.80. The summed E-state index contributed by atoms with van der Waals surface area (Å²) in [6, 6.07) is 8.75. The van der Waals surface area contributed by atoms with Gasteiger partial charge in [-0.25, -0.2) is 14.6 Å². The van der Waals surface area contributed by atoms with Crippen molar-refractivity contribution in [1.82, 2.24) is 19.7 Å². The van der Waals surface area contributed by atoms with Gasteiger partial charge in [0.2, 0.25) is 11.9 Å². The van der Waals surface area contributed by atoms with E-state index in [9.17, 15) is 9.59 Å². The SMILES string of the molecule is Cc1cnc(NC(=O)Cn2cnc(NC(=O)c3ccccc3)n2)s1. The number of anilines is 2. The van der Waals surface area contributed by atoms with Crippen molar-refractivity contribution in [3.05, 3.63) is 53.3 Å². The van der Waals surface area contributed by atoms with Crippen molar-refractivity contribution in [2.24, 2.45) is 0 Å². The van der Waals surface area contributed by atoms with Gasteiger partial charge in [0.25, 0.3) is 5.91 Å². The number of hydrogen-bond donors (Lipinski definition) is 2. The molecule has 2 amide bonds. The first-order chi connectivity index (χ1) is 11.6. The van der Waals surface area contributed by atoms with Crippen LogP contribution in [0.2, 0.25) is 0 Å². The van der Waals surface area contributed by atoms with Gasteiger partial charge < -0.3 is 5.32 Å². The molecule has 0 aliphatic carbocycles. The van der Waals surface area contributed by atoms with Crippen molar-refractivity contribution in [2.75, 3.05) is 10.6 Å². The highest BCUT2D eigenvalue weighted by atomic mass is 32.1. The fraction of sp³-hybridized carbons (Fsp3) is 0.133. The topological polar surface area (TPSA) is 102 Å². The van der Waals surface area contributed by atoms with E-state index >= 15 is 0 Å². The normalized spacial score (nSPS) is 10.4.